The van der Waals surface area contributed by atoms with E-state index in [1.54, 1.807) is 24.4 Å². The number of ether oxygens (including phenoxy) is 1. The van der Waals surface area contributed by atoms with Crippen molar-refractivity contribution in [2.45, 2.75) is 25.2 Å². The van der Waals surface area contributed by atoms with Crippen molar-refractivity contribution >= 4 is 5.97 Å². The summed E-state index contributed by atoms with van der Waals surface area (Å²) in [6.45, 7) is 0.342. The summed E-state index contributed by atoms with van der Waals surface area (Å²) in [5, 5.41) is 0. The van der Waals surface area contributed by atoms with E-state index in [-0.39, 0.29) is 5.97 Å². The number of carbonyl (C=O) groups is 1. The number of esters is 1. The standard InChI is InChI=1S/C19H19NO2/c21-19(18-12-6-7-13-20-18)22-14-16-10-4-5-11-17(16)15-8-2-1-3-9-15/h1-3,6-10,12-13,17H,4-5,11,14H2. The van der Waals surface area contributed by atoms with Gasteiger partial charge in [-0.15, -0.1) is 0 Å². The lowest BCUT2D eigenvalue weighted by molar-refractivity contribution is 0.0527. The SMILES string of the molecule is O=C(OCC1=CCCCC1c1ccccc1)c1ccccn1. The minimum atomic E-state index is -0.362. The van der Waals surface area contributed by atoms with Gasteiger partial charge in [0.15, 0.2) is 0 Å². The topological polar surface area (TPSA) is 39.2 Å². The maximum atomic E-state index is 12.0. The van der Waals surface area contributed by atoms with E-state index >= 15 is 0 Å². The second-order valence-electron chi connectivity index (χ2n) is 5.46. The third-order valence-corrected chi connectivity index (χ3v) is 4.00. The molecule has 1 atom stereocenters. The van der Waals surface area contributed by atoms with Gasteiger partial charge in [0.1, 0.15) is 12.3 Å². The van der Waals surface area contributed by atoms with Crippen molar-refractivity contribution in [2.75, 3.05) is 6.61 Å². The van der Waals surface area contributed by atoms with Crippen LogP contribution in [0.5, 0.6) is 0 Å². The second-order valence-corrected chi connectivity index (χ2v) is 5.46. The van der Waals surface area contributed by atoms with E-state index in [1.807, 2.05) is 6.07 Å². The van der Waals surface area contributed by atoms with Gasteiger partial charge in [-0.3, -0.25) is 0 Å². The second kappa shape index (κ2) is 7.03. The van der Waals surface area contributed by atoms with E-state index in [9.17, 15) is 4.79 Å². The molecule has 1 aromatic heterocycles. The number of nitrogens with zero attached hydrogens (tertiary/aromatic N) is 1. The van der Waals surface area contributed by atoms with Crippen molar-refractivity contribution in [1.82, 2.24) is 4.98 Å². The molecular weight excluding hydrogens is 274 g/mol. The van der Waals surface area contributed by atoms with Gasteiger partial charge in [-0.2, -0.15) is 0 Å². The molecule has 3 rings (SSSR count). The molecule has 3 heteroatoms. The van der Waals surface area contributed by atoms with Gasteiger partial charge in [0.05, 0.1) is 0 Å². The van der Waals surface area contributed by atoms with Gasteiger partial charge >= 0.3 is 5.97 Å². The van der Waals surface area contributed by atoms with Crippen LogP contribution in [0.15, 0.2) is 66.4 Å². The first kappa shape index (κ1) is 14.5. The zero-order chi connectivity index (χ0) is 15.2. The molecule has 1 aromatic carbocycles. The fourth-order valence-corrected chi connectivity index (χ4v) is 2.87. The van der Waals surface area contributed by atoms with E-state index in [0.717, 1.165) is 12.8 Å². The fraction of sp³-hybridized carbons (Fsp3) is 0.263. The van der Waals surface area contributed by atoms with E-state index < -0.39 is 0 Å². The fourth-order valence-electron chi connectivity index (χ4n) is 2.87. The maximum Gasteiger partial charge on any atom is 0.357 e. The summed E-state index contributed by atoms with van der Waals surface area (Å²) in [7, 11) is 0. The number of hydrogen-bond acceptors (Lipinski definition) is 3. The van der Waals surface area contributed by atoms with E-state index in [1.165, 1.54) is 17.6 Å². The summed E-state index contributed by atoms with van der Waals surface area (Å²) < 4.78 is 5.45. The van der Waals surface area contributed by atoms with Crippen LogP contribution in [-0.4, -0.2) is 17.6 Å². The molecule has 0 saturated carbocycles. The molecule has 1 aliphatic carbocycles. The van der Waals surface area contributed by atoms with Crippen molar-refractivity contribution < 1.29 is 9.53 Å². The molecule has 3 nitrogen and oxygen atoms in total. The molecule has 1 aliphatic rings. The van der Waals surface area contributed by atoms with Crippen LogP contribution in [-0.2, 0) is 4.74 Å². The highest BCUT2D eigenvalue weighted by Gasteiger charge is 2.21. The van der Waals surface area contributed by atoms with Crippen molar-refractivity contribution in [2.24, 2.45) is 0 Å². The smallest absolute Gasteiger partial charge is 0.357 e. The highest BCUT2D eigenvalue weighted by Crippen LogP contribution is 2.34. The molecule has 1 heterocycles. The van der Waals surface area contributed by atoms with E-state index in [0.29, 0.717) is 18.2 Å². The van der Waals surface area contributed by atoms with Crippen LogP contribution in [0.3, 0.4) is 0 Å². The first-order valence-corrected chi connectivity index (χ1v) is 7.66. The van der Waals surface area contributed by atoms with Gasteiger partial charge in [-0.05, 0) is 42.5 Å². The first-order valence-electron chi connectivity index (χ1n) is 7.66. The van der Waals surface area contributed by atoms with Gasteiger partial charge in [-0.1, -0.05) is 42.5 Å². The molecule has 2 aromatic rings. The van der Waals surface area contributed by atoms with Crippen LogP contribution in [0.2, 0.25) is 0 Å². The number of rotatable bonds is 4. The van der Waals surface area contributed by atoms with Gasteiger partial charge in [-0.25, -0.2) is 9.78 Å². The van der Waals surface area contributed by atoms with Crippen LogP contribution >= 0.6 is 0 Å². The average Bonchev–Trinajstić information content (AvgIpc) is 2.61. The predicted molar refractivity (Wildman–Crippen MR) is 85.6 cm³/mol. The monoisotopic (exact) mass is 293 g/mol. The molecule has 0 saturated heterocycles. The molecule has 0 spiro atoms. The van der Waals surface area contributed by atoms with Crippen molar-refractivity contribution in [3.63, 3.8) is 0 Å². The maximum absolute atomic E-state index is 12.0. The number of benzene rings is 1. The van der Waals surface area contributed by atoms with Crippen LogP contribution in [0.4, 0.5) is 0 Å². The molecule has 0 bridgehead atoms. The van der Waals surface area contributed by atoms with E-state index in [2.05, 4.69) is 35.3 Å². The number of carbonyl (C=O) groups excluding carboxylic acids is 1. The van der Waals surface area contributed by atoms with Crippen molar-refractivity contribution in [3.05, 3.63) is 77.6 Å². The van der Waals surface area contributed by atoms with Crippen molar-refractivity contribution in [1.29, 1.82) is 0 Å². The summed E-state index contributed by atoms with van der Waals surface area (Å²) in [5.41, 5.74) is 2.85. The Morgan fingerprint density at radius 3 is 2.73 bits per heavy atom. The Balaban J connectivity index is 1.68. The van der Waals surface area contributed by atoms with Crippen LogP contribution in [0, 0.1) is 0 Å². The zero-order valence-electron chi connectivity index (χ0n) is 12.4. The Morgan fingerprint density at radius 1 is 1.14 bits per heavy atom. The Morgan fingerprint density at radius 2 is 1.95 bits per heavy atom. The lowest BCUT2D eigenvalue weighted by Crippen LogP contribution is -2.15. The molecule has 0 amide bonds. The lowest BCUT2D eigenvalue weighted by atomic mass is 9.83. The third kappa shape index (κ3) is 3.42. The van der Waals surface area contributed by atoms with Gasteiger partial charge in [0, 0.05) is 12.1 Å². The number of allylic oxidation sites excluding steroid dienone is 1. The average molecular weight is 293 g/mol. The molecule has 0 fully saturated rings. The molecule has 0 N–H and O–H groups in total. The molecule has 22 heavy (non-hydrogen) atoms. The van der Waals surface area contributed by atoms with Gasteiger partial charge < -0.3 is 4.74 Å². The zero-order valence-corrected chi connectivity index (χ0v) is 12.4. The Labute approximate surface area is 130 Å². The molecule has 112 valence electrons. The number of hydrogen-bond donors (Lipinski definition) is 0. The minimum absolute atomic E-state index is 0.342. The van der Waals surface area contributed by atoms with Gasteiger partial charge in [0.25, 0.3) is 0 Å². The summed E-state index contributed by atoms with van der Waals surface area (Å²) >= 11 is 0. The Hall–Kier alpha value is -2.42. The quantitative estimate of drug-likeness (QED) is 0.628. The van der Waals surface area contributed by atoms with Crippen molar-refractivity contribution in [3.8, 4) is 0 Å². The molecule has 1 unspecified atom stereocenters. The largest absolute Gasteiger partial charge is 0.456 e. The van der Waals surface area contributed by atoms with E-state index in [4.69, 9.17) is 4.74 Å². The summed E-state index contributed by atoms with van der Waals surface area (Å²) in [6.07, 6.45) is 7.16. The lowest BCUT2D eigenvalue weighted by Gasteiger charge is -2.24. The number of aromatic nitrogens is 1. The molecule has 0 aliphatic heterocycles. The summed E-state index contributed by atoms with van der Waals surface area (Å²) in [4.78, 5) is 16.0. The summed E-state index contributed by atoms with van der Waals surface area (Å²) in [5.74, 6) is -0.00892. The van der Waals surface area contributed by atoms with Crippen LogP contribution in [0.1, 0.15) is 41.2 Å². The van der Waals surface area contributed by atoms with Crippen LogP contribution < -0.4 is 0 Å². The normalized spacial score (nSPS) is 17.6. The minimum Gasteiger partial charge on any atom is -0.456 e. The Bertz CT molecular complexity index is 650. The summed E-state index contributed by atoms with van der Waals surface area (Å²) in [6, 6.07) is 15.7. The Kier molecular flexibility index (Phi) is 4.64. The molecule has 0 radical (unpaired) electrons. The predicted octanol–water partition coefficient (Wildman–Crippen LogP) is 4.13. The molecular formula is C19H19NO2. The third-order valence-electron chi connectivity index (χ3n) is 4.00. The van der Waals surface area contributed by atoms with Gasteiger partial charge in [0.2, 0.25) is 0 Å². The highest BCUT2D eigenvalue weighted by molar-refractivity contribution is 5.87. The highest BCUT2D eigenvalue weighted by atomic mass is 16.5. The van der Waals surface area contributed by atoms with Crippen LogP contribution in [0.25, 0.3) is 0 Å². The first-order chi connectivity index (χ1) is 10.8. The number of pyridine rings is 1.